The number of methoxy groups -OCH3 is 1. The number of rotatable bonds is 5. The number of benzene rings is 2. The molecule has 1 atom stereocenters. The Balaban J connectivity index is 1.74. The Labute approximate surface area is 160 Å². The van der Waals surface area contributed by atoms with Crippen LogP contribution >= 0.6 is 27.7 Å². The second kappa shape index (κ2) is 7.97. The van der Waals surface area contributed by atoms with Gasteiger partial charge in [0.25, 0.3) is 5.91 Å². The van der Waals surface area contributed by atoms with Gasteiger partial charge in [0.05, 0.1) is 12.0 Å². The molecule has 1 fully saturated rings. The summed E-state index contributed by atoms with van der Waals surface area (Å²) in [6.45, 7) is 2.13. The SMILES string of the molecule is CCc1ccc(N[C@@H]2NC(=O)/C(=C/c3cc(Br)ccc3OC)S2)cc1. The van der Waals surface area contributed by atoms with Crippen LogP contribution in [0.5, 0.6) is 5.75 Å². The standard InChI is InChI=1S/C19H19BrN2O2S/c1-3-12-4-7-15(8-5-12)21-19-22-18(23)17(25-19)11-13-10-14(20)6-9-16(13)24-2/h4-11,19,21H,3H2,1-2H3,(H,22,23)/b17-11-/t19-/m1/s1. The number of carbonyl (C=O) groups excluding carboxylic acids is 1. The molecule has 0 bridgehead atoms. The molecule has 2 N–H and O–H groups in total. The molecule has 0 aromatic heterocycles. The number of anilines is 1. The third-order valence-corrected chi connectivity index (χ3v) is 5.39. The van der Waals surface area contributed by atoms with Crippen LogP contribution in [0.3, 0.4) is 0 Å². The summed E-state index contributed by atoms with van der Waals surface area (Å²) in [5.41, 5.74) is 2.94. The van der Waals surface area contributed by atoms with E-state index in [0.29, 0.717) is 4.91 Å². The Hall–Kier alpha value is -1.92. The maximum Gasteiger partial charge on any atom is 0.260 e. The summed E-state index contributed by atoms with van der Waals surface area (Å²) in [6.07, 6.45) is 2.86. The molecule has 0 aliphatic carbocycles. The van der Waals surface area contributed by atoms with Crippen LogP contribution in [0.25, 0.3) is 6.08 Å². The summed E-state index contributed by atoms with van der Waals surface area (Å²) in [5.74, 6) is 0.644. The summed E-state index contributed by atoms with van der Waals surface area (Å²) in [6, 6.07) is 14.0. The number of hydrogen-bond donors (Lipinski definition) is 2. The number of thioether (sulfide) groups is 1. The smallest absolute Gasteiger partial charge is 0.260 e. The van der Waals surface area contributed by atoms with Gasteiger partial charge < -0.3 is 15.4 Å². The zero-order valence-electron chi connectivity index (χ0n) is 14.0. The van der Waals surface area contributed by atoms with Crippen LogP contribution in [0.15, 0.2) is 51.8 Å². The first-order valence-electron chi connectivity index (χ1n) is 7.97. The van der Waals surface area contributed by atoms with Crippen molar-refractivity contribution in [1.82, 2.24) is 5.32 Å². The summed E-state index contributed by atoms with van der Waals surface area (Å²) < 4.78 is 6.31. The van der Waals surface area contributed by atoms with Crippen LogP contribution < -0.4 is 15.4 Å². The first-order valence-corrected chi connectivity index (χ1v) is 9.64. The third kappa shape index (κ3) is 4.38. The molecule has 0 radical (unpaired) electrons. The predicted octanol–water partition coefficient (Wildman–Crippen LogP) is 4.62. The van der Waals surface area contributed by atoms with Crippen molar-refractivity contribution < 1.29 is 9.53 Å². The molecule has 0 saturated carbocycles. The number of amides is 1. The fourth-order valence-electron chi connectivity index (χ4n) is 2.51. The molecule has 4 nitrogen and oxygen atoms in total. The van der Waals surface area contributed by atoms with Gasteiger partial charge in [-0.25, -0.2) is 0 Å². The Kier molecular flexibility index (Phi) is 5.71. The number of hydrogen-bond acceptors (Lipinski definition) is 4. The fraction of sp³-hybridized carbons (Fsp3) is 0.211. The number of nitrogens with one attached hydrogen (secondary N) is 2. The molecule has 6 heteroatoms. The van der Waals surface area contributed by atoms with E-state index in [1.54, 1.807) is 7.11 Å². The molecule has 1 saturated heterocycles. The topological polar surface area (TPSA) is 50.4 Å². The minimum absolute atomic E-state index is 0.0882. The average molecular weight is 419 g/mol. The van der Waals surface area contributed by atoms with Crippen LogP contribution in [0.2, 0.25) is 0 Å². The summed E-state index contributed by atoms with van der Waals surface area (Å²) in [5, 5.41) is 6.27. The van der Waals surface area contributed by atoms with E-state index in [0.717, 1.165) is 27.9 Å². The van der Waals surface area contributed by atoms with E-state index in [4.69, 9.17) is 4.74 Å². The molecule has 2 aromatic carbocycles. The lowest BCUT2D eigenvalue weighted by molar-refractivity contribution is -0.116. The summed E-state index contributed by atoms with van der Waals surface area (Å²) >= 11 is 4.92. The third-order valence-electron chi connectivity index (χ3n) is 3.87. The van der Waals surface area contributed by atoms with E-state index in [9.17, 15) is 4.79 Å². The van der Waals surface area contributed by atoms with E-state index in [1.165, 1.54) is 17.3 Å². The van der Waals surface area contributed by atoms with Crippen LogP contribution in [-0.2, 0) is 11.2 Å². The number of halogens is 1. The van der Waals surface area contributed by atoms with Crippen molar-refractivity contribution in [3.63, 3.8) is 0 Å². The van der Waals surface area contributed by atoms with Crippen LogP contribution in [-0.4, -0.2) is 18.5 Å². The average Bonchev–Trinajstić information content (AvgIpc) is 2.95. The Morgan fingerprint density at radius 2 is 2.04 bits per heavy atom. The second-order valence-electron chi connectivity index (χ2n) is 5.56. The molecule has 1 aliphatic heterocycles. The highest BCUT2D eigenvalue weighted by molar-refractivity contribution is 9.10. The Morgan fingerprint density at radius 1 is 1.28 bits per heavy atom. The lowest BCUT2D eigenvalue weighted by Crippen LogP contribution is -2.30. The van der Waals surface area contributed by atoms with Gasteiger partial charge in [-0.1, -0.05) is 46.7 Å². The van der Waals surface area contributed by atoms with Gasteiger partial charge >= 0.3 is 0 Å². The van der Waals surface area contributed by atoms with Crippen LogP contribution in [0, 0.1) is 0 Å². The van der Waals surface area contributed by atoms with Gasteiger partial charge in [-0.2, -0.15) is 0 Å². The van der Waals surface area contributed by atoms with E-state index in [2.05, 4.69) is 45.6 Å². The lowest BCUT2D eigenvalue weighted by atomic mass is 10.1. The molecule has 0 unspecified atom stereocenters. The van der Waals surface area contributed by atoms with Crippen molar-refractivity contribution in [2.24, 2.45) is 0 Å². The van der Waals surface area contributed by atoms with Gasteiger partial charge in [0.2, 0.25) is 0 Å². The highest BCUT2D eigenvalue weighted by Crippen LogP contribution is 2.33. The molecule has 2 aromatic rings. The largest absolute Gasteiger partial charge is 0.496 e. The number of aryl methyl sites for hydroxylation is 1. The molecule has 25 heavy (non-hydrogen) atoms. The van der Waals surface area contributed by atoms with Gasteiger partial charge in [-0.05, 0) is 48.4 Å². The van der Waals surface area contributed by atoms with Crippen molar-refractivity contribution in [2.75, 3.05) is 12.4 Å². The number of carbonyl (C=O) groups is 1. The fourth-order valence-corrected chi connectivity index (χ4v) is 3.87. The zero-order valence-corrected chi connectivity index (χ0v) is 16.4. The van der Waals surface area contributed by atoms with Gasteiger partial charge in [0.15, 0.2) is 5.50 Å². The lowest BCUT2D eigenvalue weighted by Gasteiger charge is -2.13. The van der Waals surface area contributed by atoms with E-state index >= 15 is 0 Å². The van der Waals surface area contributed by atoms with Gasteiger partial charge in [0, 0.05) is 15.7 Å². The summed E-state index contributed by atoms with van der Waals surface area (Å²) in [4.78, 5) is 12.9. The normalized spacial score (nSPS) is 18.3. The highest BCUT2D eigenvalue weighted by atomic mass is 79.9. The number of ether oxygens (including phenoxy) is 1. The predicted molar refractivity (Wildman–Crippen MR) is 108 cm³/mol. The van der Waals surface area contributed by atoms with Crippen molar-refractivity contribution in [2.45, 2.75) is 18.8 Å². The van der Waals surface area contributed by atoms with Crippen molar-refractivity contribution in [3.05, 3.63) is 63.0 Å². The van der Waals surface area contributed by atoms with Gasteiger partial charge in [0.1, 0.15) is 5.75 Å². The molecule has 1 aliphatic rings. The molecule has 0 spiro atoms. The van der Waals surface area contributed by atoms with Crippen molar-refractivity contribution in [3.8, 4) is 5.75 Å². The minimum atomic E-state index is -0.190. The van der Waals surface area contributed by atoms with E-state index in [1.807, 2.05) is 36.4 Å². The molecule has 130 valence electrons. The maximum absolute atomic E-state index is 12.3. The maximum atomic E-state index is 12.3. The van der Waals surface area contributed by atoms with Gasteiger partial charge in [-0.3, -0.25) is 4.79 Å². The molecule has 1 heterocycles. The van der Waals surface area contributed by atoms with Crippen molar-refractivity contribution in [1.29, 1.82) is 0 Å². The minimum Gasteiger partial charge on any atom is -0.496 e. The Bertz CT molecular complexity index is 806. The first kappa shape index (κ1) is 17.9. The van der Waals surface area contributed by atoms with Crippen molar-refractivity contribution >= 4 is 45.4 Å². The zero-order chi connectivity index (χ0) is 17.8. The first-order chi connectivity index (χ1) is 12.1. The van der Waals surface area contributed by atoms with Gasteiger partial charge in [-0.15, -0.1) is 0 Å². The quantitative estimate of drug-likeness (QED) is 0.695. The Morgan fingerprint density at radius 3 is 2.72 bits per heavy atom. The summed E-state index contributed by atoms with van der Waals surface area (Å²) in [7, 11) is 1.62. The monoisotopic (exact) mass is 418 g/mol. The molecule has 3 rings (SSSR count). The van der Waals surface area contributed by atoms with E-state index < -0.39 is 0 Å². The highest BCUT2D eigenvalue weighted by Gasteiger charge is 2.27. The second-order valence-corrected chi connectivity index (χ2v) is 7.62. The van der Waals surface area contributed by atoms with Crippen LogP contribution in [0.1, 0.15) is 18.1 Å². The molecular formula is C19H19BrN2O2S. The molecular weight excluding hydrogens is 400 g/mol. The molecule has 1 amide bonds. The van der Waals surface area contributed by atoms with E-state index in [-0.39, 0.29) is 11.4 Å². The van der Waals surface area contributed by atoms with Crippen LogP contribution in [0.4, 0.5) is 5.69 Å².